The minimum atomic E-state index is 0.0618. The number of aliphatic imine (C=N–C) groups is 1. The van der Waals surface area contributed by atoms with Gasteiger partial charge in [0.15, 0.2) is 5.96 Å². The lowest BCUT2D eigenvalue weighted by atomic mass is 10.0. The Balaban J connectivity index is 1.56. The maximum Gasteiger partial charge on any atom is 0.248 e. The molecule has 0 saturated carbocycles. The van der Waals surface area contributed by atoms with E-state index in [9.17, 15) is 4.79 Å². The lowest BCUT2D eigenvalue weighted by Crippen LogP contribution is -2.50. The second-order valence-electron chi connectivity index (χ2n) is 7.67. The van der Waals surface area contributed by atoms with Crippen molar-refractivity contribution in [2.75, 3.05) is 37.6 Å². The van der Waals surface area contributed by atoms with Crippen molar-refractivity contribution in [2.24, 2.45) is 4.99 Å². The quantitative estimate of drug-likeness (QED) is 0.614. The number of anilines is 1. The molecule has 2 aliphatic heterocycles. The third kappa shape index (κ3) is 5.01. The molecule has 148 valence electrons. The highest BCUT2D eigenvalue weighted by Gasteiger charge is 2.24. The zero-order chi connectivity index (χ0) is 19.2. The molecule has 1 aromatic carbocycles. The van der Waals surface area contributed by atoms with Crippen LogP contribution < -0.4 is 15.5 Å². The van der Waals surface area contributed by atoms with Crippen LogP contribution >= 0.6 is 0 Å². The number of amides is 1. The van der Waals surface area contributed by atoms with Crippen LogP contribution in [-0.4, -0.2) is 61.6 Å². The molecule has 1 fully saturated rings. The summed E-state index contributed by atoms with van der Waals surface area (Å²) in [6.45, 7) is 10.5. The molecule has 3 rings (SSSR count). The van der Waals surface area contributed by atoms with Crippen molar-refractivity contribution in [3.8, 4) is 0 Å². The molecule has 0 unspecified atom stereocenters. The number of likely N-dealkylation sites (tertiary alicyclic amines) is 1. The number of carbonyl (C=O) groups excluding carboxylic acids is 1. The molecule has 2 heterocycles. The molecule has 6 nitrogen and oxygen atoms in total. The van der Waals surface area contributed by atoms with Gasteiger partial charge >= 0.3 is 0 Å². The van der Waals surface area contributed by atoms with E-state index in [2.05, 4.69) is 47.4 Å². The highest BCUT2D eigenvalue weighted by atomic mass is 16.2. The molecule has 1 aromatic rings. The Kier molecular flexibility index (Phi) is 6.72. The van der Waals surface area contributed by atoms with Crippen LogP contribution in [0.15, 0.2) is 29.3 Å². The van der Waals surface area contributed by atoms with Crippen molar-refractivity contribution >= 4 is 17.6 Å². The number of nitrogens with one attached hydrogen (secondary N) is 2. The molecular formula is C21H33N5O. The minimum Gasteiger partial charge on any atom is -0.357 e. The van der Waals surface area contributed by atoms with Gasteiger partial charge in [-0.15, -0.1) is 0 Å². The Hall–Kier alpha value is -2.08. The van der Waals surface area contributed by atoms with Gasteiger partial charge in [-0.1, -0.05) is 18.2 Å². The molecule has 0 bridgehead atoms. The van der Waals surface area contributed by atoms with Crippen molar-refractivity contribution in [1.82, 2.24) is 15.5 Å². The first kappa shape index (κ1) is 19.7. The molecule has 0 atom stereocenters. The van der Waals surface area contributed by atoms with Crippen molar-refractivity contribution in [1.29, 1.82) is 0 Å². The fourth-order valence-corrected chi connectivity index (χ4v) is 3.90. The van der Waals surface area contributed by atoms with Gasteiger partial charge in [-0.05, 0) is 51.7 Å². The highest BCUT2D eigenvalue weighted by molar-refractivity contribution is 5.98. The maximum atomic E-state index is 12.7. The Morgan fingerprint density at radius 2 is 1.96 bits per heavy atom. The van der Waals surface area contributed by atoms with Gasteiger partial charge in [0.2, 0.25) is 5.91 Å². The molecule has 1 amide bonds. The zero-order valence-corrected chi connectivity index (χ0v) is 16.9. The SMILES string of the molecule is CCNC(=NCC(=O)N1CCc2ccccc21)NC1CCN(C(C)C)CC1. The van der Waals surface area contributed by atoms with E-state index in [-0.39, 0.29) is 12.5 Å². The van der Waals surface area contributed by atoms with Gasteiger partial charge < -0.3 is 20.4 Å². The average molecular weight is 372 g/mol. The Morgan fingerprint density at radius 1 is 1.22 bits per heavy atom. The first-order valence-corrected chi connectivity index (χ1v) is 10.3. The minimum absolute atomic E-state index is 0.0618. The fraction of sp³-hybridized carbons (Fsp3) is 0.619. The molecular weight excluding hydrogens is 338 g/mol. The third-order valence-corrected chi connectivity index (χ3v) is 5.51. The summed E-state index contributed by atoms with van der Waals surface area (Å²) < 4.78 is 0. The van der Waals surface area contributed by atoms with E-state index in [1.807, 2.05) is 23.1 Å². The molecule has 2 N–H and O–H groups in total. The number of guanidine groups is 1. The van der Waals surface area contributed by atoms with Crippen LogP contribution in [-0.2, 0) is 11.2 Å². The molecule has 6 heteroatoms. The largest absolute Gasteiger partial charge is 0.357 e. The molecule has 0 spiro atoms. The number of benzene rings is 1. The van der Waals surface area contributed by atoms with Crippen LogP contribution in [0.4, 0.5) is 5.69 Å². The second kappa shape index (κ2) is 9.22. The van der Waals surface area contributed by atoms with E-state index in [4.69, 9.17) is 0 Å². The number of carbonyl (C=O) groups is 1. The summed E-state index contributed by atoms with van der Waals surface area (Å²) in [6.07, 6.45) is 3.14. The van der Waals surface area contributed by atoms with Gasteiger partial charge in [-0.2, -0.15) is 0 Å². The van der Waals surface area contributed by atoms with Crippen LogP contribution in [0.3, 0.4) is 0 Å². The van der Waals surface area contributed by atoms with Crippen LogP contribution in [0.2, 0.25) is 0 Å². The zero-order valence-electron chi connectivity index (χ0n) is 16.9. The predicted molar refractivity (Wildman–Crippen MR) is 111 cm³/mol. The number of fused-ring (bicyclic) bond motifs is 1. The Morgan fingerprint density at radius 3 is 2.67 bits per heavy atom. The first-order valence-electron chi connectivity index (χ1n) is 10.3. The Labute approximate surface area is 163 Å². The Bertz CT molecular complexity index is 664. The number of hydrogen-bond donors (Lipinski definition) is 2. The summed E-state index contributed by atoms with van der Waals surface area (Å²) in [5, 5.41) is 6.81. The summed E-state index contributed by atoms with van der Waals surface area (Å²) in [5.41, 5.74) is 2.29. The van der Waals surface area contributed by atoms with Gasteiger partial charge in [0.1, 0.15) is 6.54 Å². The van der Waals surface area contributed by atoms with Gasteiger partial charge in [-0.3, -0.25) is 4.79 Å². The number of para-hydroxylation sites is 1. The summed E-state index contributed by atoms with van der Waals surface area (Å²) >= 11 is 0. The highest BCUT2D eigenvalue weighted by Crippen LogP contribution is 2.27. The van der Waals surface area contributed by atoms with Gasteiger partial charge in [0.05, 0.1) is 0 Å². The fourth-order valence-electron chi connectivity index (χ4n) is 3.90. The molecule has 0 aliphatic carbocycles. The predicted octanol–water partition coefficient (Wildman–Crippen LogP) is 2.00. The maximum absolute atomic E-state index is 12.7. The number of piperidine rings is 1. The summed E-state index contributed by atoms with van der Waals surface area (Å²) in [6, 6.07) is 9.16. The molecule has 2 aliphatic rings. The molecule has 0 aromatic heterocycles. The van der Waals surface area contributed by atoms with Crippen molar-refractivity contribution in [2.45, 2.75) is 52.1 Å². The summed E-state index contributed by atoms with van der Waals surface area (Å²) in [4.78, 5) is 21.6. The topological polar surface area (TPSA) is 60.0 Å². The number of rotatable bonds is 5. The summed E-state index contributed by atoms with van der Waals surface area (Å²) in [7, 11) is 0. The first-order chi connectivity index (χ1) is 13.1. The van der Waals surface area contributed by atoms with Crippen molar-refractivity contribution in [3.05, 3.63) is 29.8 Å². The van der Waals surface area contributed by atoms with Crippen molar-refractivity contribution < 1.29 is 4.79 Å². The lowest BCUT2D eigenvalue weighted by molar-refractivity contribution is -0.117. The normalized spacial score (nSPS) is 18.7. The van der Waals surface area contributed by atoms with Crippen LogP contribution in [0.1, 0.15) is 39.2 Å². The monoisotopic (exact) mass is 371 g/mol. The molecule has 27 heavy (non-hydrogen) atoms. The van der Waals surface area contributed by atoms with E-state index in [1.54, 1.807) is 0 Å². The van der Waals surface area contributed by atoms with Crippen LogP contribution in [0, 0.1) is 0 Å². The van der Waals surface area contributed by atoms with E-state index in [1.165, 1.54) is 5.56 Å². The van der Waals surface area contributed by atoms with E-state index in [0.29, 0.717) is 12.1 Å². The van der Waals surface area contributed by atoms with Gasteiger partial charge in [-0.25, -0.2) is 4.99 Å². The standard InChI is InChI=1S/C21H33N5O/c1-4-22-21(24-18-10-12-25(13-11-18)16(2)3)23-15-20(27)26-14-9-17-7-5-6-8-19(17)26/h5-8,16,18H,4,9-15H2,1-3H3,(H2,22,23,24). The lowest BCUT2D eigenvalue weighted by Gasteiger charge is -2.35. The molecule has 0 radical (unpaired) electrons. The molecule has 1 saturated heterocycles. The van der Waals surface area contributed by atoms with Crippen molar-refractivity contribution in [3.63, 3.8) is 0 Å². The van der Waals surface area contributed by atoms with Gasteiger partial charge in [0, 0.05) is 44.0 Å². The summed E-state index contributed by atoms with van der Waals surface area (Å²) in [5.74, 6) is 0.813. The number of hydrogen-bond acceptors (Lipinski definition) is 3. The number of nitrogens with zero attached hydrogens (tertiary/aromatic N) is 3. The van der Waals surface area contributed by atoms with Crippen LogP contribution in [0.25, 0.3) is 0 Å². The third-order valence-electron chi connectivity index (χ3n) is 5.51. The van der Waals surface area contributed by atoms with E-state index in [0.717, 1.165) is 57.1 Å². The average Bonchev–Trinajstić information content (AvgIpc) is 3.11. The smallest absolute Gasteiger partial charge is 0.248 e. The second-order valence-corrected chi connectivity index (χ2v) is 7.67. The van der Waals surface area contributed by atoms with E-state index >= 15 is 0 Å². The van der Waals surface area contributed by atoms with Gasteiger partial charge in [0.25, 0.3) is 0 Å². The van der Waals surface area contributed by atoms with E-state index < -0.39 is 0 Å². The van der Waals surface area contributed by atoms with Crippen LogP contribution in [0.5, 0.6) is 0 Å².